The van der Waals surface area contributed by atoms with E-state index in [0.717, 1.165) is 25.9 Å². The van der Waals surface area contributed by atoms with Crippen LogP contribution in [0.5, 0.6) is 0 Å². The fraction of sp³-hybridized carbons (Fsp3) is 0.929. The number of hydrogen-bond acceptors (Lipinski definition) is 3. The number of amides is 1. The Kier molecular flexibility index (Phi) is 3.97. The summed E-state index contributed by atoms with van der Waals surface area (Å²) in [7, 11) is 0. The van der Waals surface area contributed by atoms with Crippen LogP contribution in [0, 0.1) is 5.92 Å². The number of hydrogen-bond donors (Lipinski definition) is 2. The maximum absolute atomic E-state index is 12.1. The molecular weight excluding hydrogens is 226 g/mol. The van der Waals surface area contributed by atoms with Crippen LogP contribution in [0.15, 0.2) is 0 Å². The summed E-state index contributed by atoms with van der Waals surface area (Å²) in [6, 6.07) is 0.370. The highest BCUT2D eigenvalue weighted by Gasteiger charge is 2.45. The molecule has 1 unspecified atom stereocenters. The molecule has 18 heavy (non-hydrogen) atoms. The second kappa shape index (κ2) is 5.17. The highest BCUT2D eigenvalue weighted by atomic mass is 16.2. The first kappa shape index (κ1) is 13.8. The van der Waals surface area contributed by atoms with Crippen LogP contribution in [0.1, 0.15) is 46.5 Å². The topological polar surface area (TPSA) is 58.4 Å². The molecule has 0 radical (unpaired) electrons. The van der Waals surface area contributed by atoms with E-state index in [4.69, 9.17) is 5.73 Å². The van der Waals surface area contributed by atoms with Crippen molar-refractivity contribution < 1.29 is 4.79 Å². The van der Waals surface area contributed by atoms with Gasteiger partial charge in [0.2, 0.25) is 5.91 Å². The van der Waals surface area contributed by atoms with Crippen LogP contribution in [0.2, 0.25) is 0 Å². The standard InChI is InChI=1S/C14H27N3O/c1-10(2)14(15)8-17(9-14)11(3)13(18)16-12-6-4-5-7-12/h10-12H,4-9,15H2,1-3H3,(H,16,18). The van der Waals surface area contributed by atoms with E-state index >= 15 is 0 Å². The van der Waals surface area contributed by atoms with Crippen LogP contribution in [0.4, 0.5) is 0 Å². The van der Waals surface area contributed by atoms with Crippen molar-refractivity contribution in [1.29, 1.82) is 0 Å². The van der Waals surface area contributed by atoms with Gasteiger partial charge >= 0.3 is 0 Å². The minimum atomic E-state index is -0.0953. The Balaban J connectivity index is 1.78. The molecule has 1 aliphatic heterocycles. The van der Waals surface area contributed by atoms with E-state index in [2.05, 4.69) is 24.1 Å². The number of nitrogens with one attached hydrogen (secondary N) is 1. The van der Waals surface area contributed by atoms with Gasteiger partial charge in [0.15, 0.2) is 0 Å². The first-order valence-electron chi connectivity index (χ1n) is 7.26. The van der Waals surface area contributed by atoms with Crippen molar-refractivity contribution in [1.82, 2.24) is 10.2 Å². The predicted molar refractivity (Wildman–Crippen MR) is 73.2 cm³/mol. The Labute approximate surface area is 110 Å². The van der Waals surface area contributed by atoms with E-state index in [0.29, 0.717) is 12.0 Å². The third-order valence-corrected chi connectivity index (χ3v) is 4.77. The molecule has 0 bridgehead atoms. The van der Waals surface area contributed by atoms with Crippen molar-refractivity contribution in [3.8, 4) is 0 Å². The molecule has 0 aromatic carbocycles. The van der Waals surface area contributed by atoms with Gasteiger partial charge in [0.05, 0.1) is 6.04 Å². The summed E-state index contributed by atoms with van der Waals surface area (Å²) >= 11 is 0. The van der Waals surface area contributed by atoms with Gasteiger partial charge in [0.1, 0.15) is 0 Å². The normalized spacial score (nSPS) is 26.1. The van der Waals surface area contributed by atoms with E-state index in [1.165, 1.54) is 12.8 Å². The summed E-state index contributed by atoms with van der Waals surface area (Å²) < 4.78 is 0. The highest BCUT2D eigenvalue weighted by molar-refractivity contribution is 5.81. The second-order valence-electron chi connectivity index (χ2n) is 6.46. The van der Waals surface area contributed by atoms with Crippen molar-refractivity contribution in [2.75, 3.05) is 13.1 Å². The molecular formula is C14H27N3O. The fourth-order valence-electron chi connectivity index (χ4n) is 2.91. The first-order chi connectivity index (χ1) is 8.42. The second-order valence-corrected chi connectivity index (χ2v) is 6.46. The molecule has 1 aliphatic carbocycles. The zero-order valence-corrected chi connectivity index (χ0v) is 11.9. The van der Waals surface area contributed by atoms with Crippen LogP contribution in [-0.4, -0.2) is 41.5 Å². The number of carbonyl (C=O) groups is 1. The number of likely N-dealkylation sites (tertiary alicyclic amines) is 1. The molecule has 2 aliphatic rings. The largest absolute Gasteiger partial charge is 0.352 e. The van der Waals surface area contributed by atoms with Gasteiger partial charge in [-0.25, -0.2) is 0 Å². The molecule has 4 heteroatoms. The van der Waals surface area contributed by atoms with Crippen LogP contribution < -0.4 is 11.1 Å². The number of rotatable bonds is 4. The van der Waals surface area contributed by atoms with Crippen LogP contribution in [-0.2, 0) is 4.79 Å². The number of nitrogens with two attached hydrogens (primary N) is 1. The molecule has 3 N–H and O–H groups in total. The zero-order valence-electron chi connectivity index (χ0n) is 11.9. The highest BCUT2D eigenvalue weighted by Crippen LogP contribution is 2.28. The molecule has 0 aromatic heterocycles. The van der Waals surface area contributed by atoms with Crippen LogP contribution >= 0.6 is 0 Å². The van der Waals surface area contributed by atoms with E-state index in [1.54, 1.807) is 0 Å². The third kappa shape index (κ3) is 2.69. The molecule has 2 fully saturated rings. The van der Waals surface area contributed by atoms with Gasteiger partial charge in [-0.05, 0) is 25.7 Å². The minimum absolute atomic E-state index is 0.0407. The number of carbonyl (C=O) groups excluding carboxylic acids is 1. The van der Waals surface area contributed by atoms with Gasteiger partial charge in [-0.1, -0.05) is 26.7 Å². The minimum Gasteiger partial charge on any atom is -0.352 e. The maximum Gasteiger partial charge on any atom is 0.237 e. The average Bonchev–Trinajstić information content (AvgIpc) is 2.76. The van der Waals surface area contributed by atoms with E-state index < -0.39 is 0 Å². The lowest BCUT2D eigenvalue weighted by atomic mass is 9.79. The van der Waals surface area contributed by atoms with E-state index in [9.17, 15) is 4.79 Å². The first-order valence-corrected chi connectivity index (χ1v) is 7.26. The molecule has 1 amide bonds. The van der Waals surface area contributed by atoms with E-state index in [-0.39, 0.29) is 17.5 Å². The summed E-state index contributed by atoms with van der Waals surface area (Å²) in [4.78, 5) is 14.3. The Morgan fingerprint density at radius 2 is 1.83 bits per heavy atom. The smallest absolute Gasteiger partial charge is 0.237 e. The lowest BCUT2D eigenvalue weighted by Crippen LogP contribution is -2.73. The molecule has 1 heterocycles. The third-order valence-electron chi connectivity index (χ3n) is 4.77. The Hall–Kier alpha value is -0.610. The van der Waals surface area contributed by atoms with E-state index in [1.807, 2.05) is 6.92 Å². The van der Waals surface area contributed by atoms with Gasteiger partial charge in [-0.3, -0.25) is 9.69 Å². The predicted octanol–water partition coefficient (Wildman–Crippen LogP) is 1.10. The summed E-state index contributed by atoms with van der Waals surface area (Å²) in [5.74, 6) is 0.645. The maximum atomic E-state index is 12.1. The summed E-state index contributed by atoms with van der Waals surface area (Å²) in [6.07, 6.45) is 4.79. The van der Waals surface area contributed by atoms with Crippen molar-refractivity contribution in [3.05, 3.63) is 0 Å². The molecule has 0 spiro atoms. The Morgan fingerprint density at radius 3 is 2.33 bits per heavy atom. The summed E-state index contributed by atoms with van der Waals surface area (Å²) in [5, 5.41) is 3.16. The van der Waals surface area contributed by atoms with Gasteiger partial charge in [-0.15, -0.1) is 0 Å². The van der Waals surface area contributed by atoms with Crippen LogP contribution in [0.25, 0.3) is 0 Å². The average molecular weight is 253 g/mol. The van der Waals surface area contributed by atoms with Gasteiger partial charge < -0.3 is 11.1 Å². The van der Waals surface area contributed by atoms with Gasteiger partial charge in [-0.2, -0.15) is 0 Å². The molecule has 1 saturated carbocycles. The van der Waals surface area contributed by atoms with Crippen molar-refractivity contribution in [2.24, 2.45) is 11.7 Å². The van der Waals surface area contributed by atoms with Crippen LogP contribution in [0.3, 0.4) is 0 Å². The Morgan fingerprint density at radius 1 is 1.28 bits per heavy atom. The van der Waals surface area contributed by atoms with Crippen molar-refractivity contribution in [2.45, 2.75) is 64.1 Å². The van der Waals surface area contributed by atoms with Crippen molar-refractivity contribution >= 4 is 5.91 Å². The summed E-state index contributed by atoms with van der Waals surface area (Å²) in [5.41, 5.74) is 6.17. The SMILES string of the molecule is CC(C(=O)NC1CCCC1)N1CC(N)(C(C)C)C1. The molecule has 4 nitrogen and oxygen atoms in total. The molecule has 1 atom stereocenters. The summed E-state index contributed by atoms with van der Waals surface area (Å²) in [6.45, 7) is 7.97. The molecule has 2 rings (SSSR count). The monoisotopic (exact) mass is 253 g/mol. The lowest BCUT2D eigenvalue weighted by Gasteiger charge is -2.52. The zero-order chi connectivity index (χ0) is 13.3. The molecule has 104 valence electrons. The lowest BCUT2D eigenvalue weighted by molar-refractivity contribution is -0.130. The van der Waals surface area contributed by atoms with Crippen molar-refractivity contribution in [3.63, 3.8) is 0 Å². The Bertz CT molecular complexity index is 304. The molecule has 0 aromatic rings. The van der Waals surface area contributed by atoms with Gasteiger partial charge in [0, 0.05) is 24.7 Å². The fourth-order valence-corrected chi connectivity index (χ4v) is 2.91. The van der Waals surface area contributed by atoms with Gasteiger partial charge in [0.25, 0.3) is 0 Å². The molecule has 1 saturated heterocycles. The number of nitrogens with zero attached hydrogens (tertiary/aromatic N) is 1. The quantitative estimate of drug-likeness (QED) is 0.789.